The third kappa shape index (κ3) is 1.31. The molecule has 0 saturated carbocycles. The summed E-state index contributed by atoms with van der Waals surface area (Å²) in [5.74, 6) is 1.22. The molecule has 17 heavy (non-hydrogen) atoms. The van der Waals surface area contributed by atoms with Crippen molar-refractivity contribution >= 4 is 11.5 Å². The Morgan fingerprint density at radius 1 is 1.29 bits per heavy atom. The summed E-state index contributed by atoms with van der Waals surface area (Å²) >= 11 is 0. The van der Waals surface area contributed by atoms with Crippen LogP contribution in [0.25, 0.3) is 0 Å². The average Bonchev–Trinajstić information content (AvgIpc) is 2.98. The predicted octanol–water partition coefficient (Wildman–Crippen LogP) is 1.37. The van der Waals surface area contributed by atoms with E-state index in [0.29, 0.717) is 6.04 Å². The molecule has 1 aromatic rings. The van der Waals surface area contributed by atoms with Crippen LogP contribution in [0.1, 0.15) is 17.5 Å². The summed E-state index contributed by atoms with van der Waals surface area (Å²) in [6.45, 7) is 3.15. The smallest absolute Gasteiger partial charge is 0.120 e. The lowest BCUT2D eigenvalue weighted by Gasteiger charge is -2.32. The van der Waals surface area contributed by atoms with Gasteiger partial charge in [-0.3, -0.25) is 4.99 Å². The zero-order chi connectivity index (χ0) is 11.2. The predicted molar refractivity (Wildman–Crippen MR) is 69.9 cm³/mol. The van der Waals surface area contributed by atoms with Crippen molar-refractivity contribution in [3.8, 4) is 0 Å². The second-order valence-electron chi connectivity index (χ2n) is 5.14. The fraction of sp³-hybridized carbons (Fsp3) is 0.500. The maximum absolute atomic E-state index is 4.62. The van der Waals surface area contributed by atoms with Crippen LogP contribution in [0.3, 0.4) is 0 Å². The molecule has 1 unspecified atom stereocenters. The lowest BCUT2D eigenvalue weighted by molar-refractivity contribution is 0.673. The number of nitrogens with one attached hydrogen (secondary N) is 1. The number of para-hydroxylation sites is 1. The molecule has 1 aromatic carbocycles. The molecule has 3 nitrogen and oxygen atoms in total. The number of rotatable bonds is 1. The zero-order valence-electron chi connectivity index (χ0n) is 9.95. The first-order valence-corrected chi connectivity index (χ1v) is 6.59. The number of aryl methyl sites for hydroxylation is 1. The molecule has 0 radical (unpaired) electrons. The minimum Gasteiger partial charge on any atom is -0.370 e. The number of nitrogens with zero attached hydrogens (tertiary/aromatic N) is 2. The summed E-state index contributed by atoms with van der Waals surface area (Å²) in [7, 11) is 0. The van der Waals surface area contributed by atoms with Crippen molar-refractivity contribution in [3.63, 3.8) is 0 Å². The van der Waals surface area contributed by atoms with E-state index in [0.717, 1.165) is 19.5 Å². The molecule has 1 atom stereocenters. The number of anilines is 1. The Hall–Kier alpha value is -1.51. The molecule has 88 valence electrons. The summed E-state index contributed by atoms with van der Waals surface area (Å²) in [5, 5.41) is 3.45. The van der Waals surface area contributed by atoms with Crippen molar-refractivity contribution in [1.29, 1.82) is 0 Å². The molecule has 0 saturated heterocycles. The van der Waals surface area contributed by atoms with Crippen LogP contribution in [-0.2, 0) is 12.8 Å². The highest BCUT2D eigenvalue weighted by Gasteiger charge is 2.36. The van der Waals surface area contributed by atoms with Crippen molar-refractivity contribution in [2.24, 2.45) is 4.99 Å². The maximum Gasteiger partial charge on any atom is 0.120 e. The quantitative estimate of drug-likeness (QED) is 0.784. The largest absolute Gasteiger partial charge is 0.370 e. The molecule has 0 fully saturated rings. The highest BCUT2D eigenvalue weighted by Crippen LogP contribution is 2.39. The molecule has 3 aliphatic rings. The van der Waals surface area contributed by atoms with E-state index in [4.69, 9.17) is 0 Å². The second kappa shape index (κ2) is 3.49. The third-order valence-corrected chi connectivity index (χ3v) is 4.14. The second-order valence-corrected chi connectivity index (χ2v) is 5.14. The van der Waals surface area contributed by atoms with Crippen molar-refractivity contribution in [2.45, 2.75) is 25.3 Å². The fourth-order valence-electron chi connectivity index (χ4n) is 3.45. The molecule has 0 aliphatic carbocycles. The Morgan fingerprint density at radius 3 is 3.12 bits per heavy atom. The van der Waals surface area contributed by atoms with Gasteiger partial charge in [-0.05, 0) is 24.0 Å². The molecule has 0 bridgehead atoms. The molecule has 4 rings (SSSR count). The fourth-order valence-corrected chi connectivity index (χ4v) is 3.45. The van der Waals surface area contributed by atoms with Crippen molar-refractivity contribution in [2.75, 3.05) is 24.5 Å². The van der Waals surface area contributed by atoms with Gasteiger partial charge in [0.05, 0.1) is 12.6 Å². The first-order valence-electron chi connectivity index (χ1n) is 6.59. The minimum atomic E-state index is 0.481. The van der Waals surface area contributed by atoms with Crippen LogP contribution in [0.5, 0.6) is 0 Å². The summed E-state index contributed by atoms with van der Waals surface area (Å²) in [4.78, 5) is 7.19. The van der Waals surface area contributed by atoms with Gasteiger partial charge in [0.25, 0.3) is 0 Å². The van der Waals surface area contributed by atoms with Gasteiger partial charge in [-0.25, -0.2) is 0 Å². The topological polar surface area (TPSA) is 27.6 Å². The minimum absolute atomic E-state index is 0.481. The van der Waals surface area contributed by atoms with E-state index in [-0.39, 0.29) is 0 Å². The Balaban J connectivity index is 1.78. The van der Waals surface area contributed by atoms with Gasteiger partial charge in [-0.1, -0.05) is 18.2 Å². The normalized spacial score (nSPS) is 25.5. The maximum atomic E-state index is 4.62. The average molecular weight is 227 g/mol. The highest BCUT2D eigenvalue weighted by atomic mass is 15.2. The van der Waals surface area contributed by atoms with Gasteiger partial charge in [0.2, 0.25) is 0 Å². The van der Waals surface area contributed by atoms with Crippen LogP contribution in [-0.4, -0.2) is 31.5 Å². The lowest BCUT2D eigenvalue weighted by atomic mass is 10.0. The standard InChI is InChI=1S/C14H17N3/c1-3-10-5-2-8-17-12(14-15-6-7-16-14)9-11(4-1)13(10)17/h1,3-4,12H,2,5-9H2,(H,15,16). The molecular weight excluding hydrogens is 210 g/mol. The summed E-state index contributed by atoms with van der Waals surface area (Å²) in [6.07, 6.45) is 3.65. The molecule has 1 N–H and O–H groups in total. The molecule has 0 spiro atoms. The molecular formula is C14H17N3. The zero-order valence-corrected chi connectivity index (χ0v) is 9.95. The Bertz CT molecular complexity index is 492. The van der Waals surface area contributed by atoms with E-state index in [2.05, 4.69) is 33.4 Å². The van der Waals surface area contributed by atoms with Gasteiger partial charge in [-0.15, -0.1) is 0 Å². The van der Waals surface area contributed by atoms with Gasteiger partial charge in [-0.2, -0.15) is 0 Å². The molecule has 0 aromatic heterocycles. The van der Waals surface area contributed by atoms with E-state index in [1.165, 1.54) is 42.0 Å². The Labute approximate surface area is 102 Å². The van der Waals surface area contributed by atoms with E-state index in [1.54, 1.807) is 0 Å². The van der Waals surface area contributed by atoms with Crippen molar-refractivity contribution in [3.05, 3.63) is 29.3 Å². The van der Waals surface area contributed by atoms with Crippen LogP contribution in [0.4, 0.5) is 5.69 Å². The monoisotopic (exact) mass is 227 g/mol. The Morgan fingerprint density at radius 2 is 2.24 bits per heavy atom. The highest BCUT2D eigenvalue weighted by molar-refractivity contribution is 5.94. The van der Waals surface area contributed by atoms with Crippen molar-refractivity contribution in [1.82, 2.24) is 5.32 Å². The van der Waals surface area contributed by atoms with E-state index in [1.807, 2.05) is 0 Å². The van der Waals surface area contributed by atoms with Gasteiger partial charge in [0.15, 0.2) is 0 Å². The SMILES string of the molecule is c1cc2c3c(c1)CC(C1=NCCN1)N3CCC2. The Kier molecular flexibility index (Phi) is 1.95. The van der Waals surface area contributed by atoms with Crippen LogP contribution < -0.4 is 10.2 Å². The van der Waals surface area contributed by atoms with Gasteiger partial charge < -0.3 is 10.2 Å². The van der Waals surface area contributed by atoms with Crippen molar-refractivity contribution < 1.29 is 0 Å². The molecule has 0 amide bonds. The van der Waals surface area contributed by atoms with E-state index >= 15 is 0 Å². The van der Waals surface area contributed by atoms with E-state index in [9.17, 15) is 0 Å². The van der Waals surface area contributed by atoms with Crippen LogP contribution >= 0.6 is 0 Å². The number of benzene rings is 1. The van der Waals surface area contributed by atoms with Crippen LogP contribution in [0.15, 0.2) is 23.2 Å². The first-order chi connectivity index (χ1) is 8.43. The van der Waals surface area contributed by atoms with E-state index < -0.39 is 0 Å². The van der Waals surface area contributed by atoms with Gasteiger partial charge in [0, 0.05) is 25.2 Å². The summed E-state index contributed by atoms with van der Waals surface area (Å²) < 4.78 is 0. The number of aliphatic imine (C=N–C) groups is 1. The summed E-state index contributed by atoms with van der Waals surface area (Å²) in [6, 6.07) is 7.27. The van der Waals surface area contributed by atoms with Crippen LogP contribution in [0.2, 0.25) is 0 Å². The van der Waals surface area contributed by atoms with Crippen LogP contribution in [0, 0.1) is 0 Å². The molecule has 3 heteroatoms. The number of hydrogen-bond donors (Lipinski definition) is 1. The number of hydrogen-bond acceptors (Lipinski definition) is 3. The van der Waals surface area contributed by atoms with Gasteiger partial charge >= 0.3 is 0 Å². The molecule has 3 heterocycles. The lowest BCUT2D eigenvalue weighted by Crippen LogP contribution is -2.45. The summed E-state index contributed by atoms with van der Waals surface area (Å²) in [5.41, 5.74) is 4.57. The first kappa shape index (κ1) is 9.51. The number of amidine groups is 1. The molecule has 3 aliphatic heterocycles. The third-order valence-electron chi connectivity index (χ3n) is 4.14. The van der Waals surface area contributed by atoms with Gasteiger partial charge in [0.1, 0.15) is 5.84 Å².